The number of nitrogens with zero attached hydrogens (tertiary/aromatic N) is 2. The lowest BCUT2D eigenvalue weighted by Gasteiger charge is -2.00. The maximum atomic E-state index is 13.2. The average molecular weight is 211 g/mol. The average Bonchev–Trinajstić information content (AvgIpc) is 2.58. The second-order valence-electron chi connectivity index (χ2n) is 2.92. The smallest absolute Gasteiger partial charge is 0.260 e. The largest absolute Gasteiger partial charge is 0.365 e. The first-order valence-corrected chi connectivity index (χ1v) is 4.18. The first-order valence-electron chi connectivity index (χ1n) is 4.18. The second kappa shape index (κ2) is 3.64. The predicted molar refractivity (Wildman–Crippen MR) is 47.9 cm³/mol. The number of nitrogens with two attached hydrogens (primary N) is 1. The normalized spacial score (nSPS) is 10.5. The fraction of sp³-hybridized carbons (Fsp3) is 0.111. The molecule has 2 N–H and O–H groups in total. The van der Waals surface area contributed by atoms with Crippen LogP contribution in [0.2, 0.25) is 0 Å². The minimum absolute atomic E-state index is 0.0539. The molecule has 0 atom stereocenters. The van der Waals surface area contributed by atoms with Crippen LogP contribution in [0.15, 0.2) is 22.7 Å². The molecule has 0 aliphatic rings. The van der Waals surface area contributed by atoms with Crippen LogP contribution in [0.1, 0.15) is 11.5 Å². The molecule has 1 heterocycles. The van der Waals surface area contributed by atoms with Crippen molar-refractivity contribution >= 4 is 5.95 Å². The maximum absolute atomic E-state index is 13.2. The number of rotatable bonds is 2. The molecule has 0 saturated carbocycles. The van der Waals surface area contributed by atoms with Gasteiger partial charge in [0.2, 0.25) is 5.89 Å². The van der Waals surface area contributed by atoms with E-state index in [2.05, 4.69) is 14.7 Å². The number of nitrogen functional groups attached to an aromatic ring is 1. The quantitative estimate of drug-likeness (QED) is 0.817. The van der Waals surface area contributed by atoms with Gasteiger partial charge in [0.05, 0.1) is 6.42 Å². The fourth-order valence-electron chi connectivity index (χ4n) is 1.19. The van der Waals surface area contributed by atoms with Crippen LogP contribution in [0.25, 0.3) is 0 Å². The van der Waals surface area contributed by atoms with Crippen molar-refractivity contribution in [3.05, 3.63) is 41.3 Å². The molecule has 15 heavy (non-hydrogen) atoms. The third kappa shape index (κ3) is 1.93. The lowest BCUT2D eigenvalue weighted by Crippen LogP contribution is -1.97. The van der Waals surface area contributed by atoms with Crippen LogP contribution in [0, 0.1) is 11.6 Å². The molecule has 0 fully saturated rings. The van der Waals surface area contributed by atoms with E-state index in [1.54, 1.807) is 0 Å². The van der Waals surface area contributed by atoms with Gasteiger partial charge in [-0.15, -0.1) is 0 Å². The molecule has 1 aromatic heterocycles. The highest BCUT2D eigenvalue weighted by atomic mass is 19.1. The molecule has 6 heteroatoms. The molecule has 0 saturated heterocycles. The van der Waals surface area contributed by atoms with Crippen molar-refractivity contribution in [3.8, 4) is 0 Å². The van der Waals surface area contributed by atoms with Gasteiger partial charge in [0, 0.05) is 5.56 Å². The number of hydrogen-bond acceptors (Lipinski definition) is 4. The van der Waals surface area contributed by atoms with Crippen molar-refractivity contribution in [2.24, 2.45) is 0 Å². The number of aromatic nitrogens is 2. The zero-order valence-corrected chi connectivity index (χ0v) is 7.58. The lowest BCUT2D eigenvalue weighted by atomic mass is 10.1. The van der Waals surface area contributed by atoms with E-state index in [-0.39, 0.29) is 23.8 Å². The monoisotopic (exact) mass is 211 g/mol. The van der Waals surface area contributed by atoms with Crippen LogP contribution in [-0.2, 0) is 6.42 Å². The highest BCUT2D eigenvalue weighted by Gasteiger charge is 2.12. The van der Waals surface area contributed by atoms with Gasteiger partial charge in [-0.3, -0.25) is 0 Å². The van der Waals surface area contributed by atoms with Crippen LogP contribution in [0.3, 0.4) is 0 Å². The van der Waals surface area contributed by atoms with Crippen molar-refractivity contribution in [3.63, 3.8) is 0 Å². The van der Waals surface area contributed by atoms with Gasteiger partial charge in [0.1, 0.15) is 11.6 Å². The summed E-state index contributed by atoms with van der Waals surface area (Å²) in [5.41, 5.74) is 5.09. The van der Waals surface area contributed by atoms with E-state index in [4.69, 9.17) is 5.73 Å². The molecule has 78 valence electrons. The molecule has 0 aliphatic heterocycles. The first kappa shape index (κ1) is 9.57. The molecule has 2 rings (SSSR count). The van der Waals surface area contributed by atoms with Gasteiger partial charge in [-0.25, -0.2) is 8.78 Å². The molecule has 0 unspecified atom stereocenters. The number of anilines is 1. The standard InChI is InChI=1S/C9H7F2N3O/c10-6-2-1-3-7(11)5(6)4-8-13-9(12)14-15-8/h1-3H,4H2,(H2,12,14). The summed E-state index contributed by atoms with van der Waals surface area (Å²) in [6.07, 6.45) is -0.108. The van der Waals surface area contributed by atoms with Crippen molar-refractivity contribution in [1.82, 2.24) is 10.1 Å². The minimum Gasteiger partial charge on any atom is -0.365 e. The van der Waals surface area contributed by atoms with Crippen molar-refractivity contribution < 1.29 is 13.3 Å². The summed E-state index contributed by atoms with van der Waals surface area (Å²) in [6.45, 7) is 0. The summed E-state index contributed by atoms with van der Waals surface area (Å²) in [4.78, 5) is 3.65. The Bertz CT molecular complexity index is 464. The summed E-state index contributed by atoms with van der Waals surface area (Å²) < 4.78 is 31.0. The predicted octanol–water partition coefficient (Wildman–Crippen LogP) is 1.52. The zero-order valence-electron chi connectivity index (χ0n) is 7.58. The van der Waals surface area contributed by atoms with Crippen LogP contribution >= 0.6 is 0 Å². The summed E-state index contributed by atoms with van der Waals surface area (Å²) in [6, 6.07) is 3.62. The van der Waals surface area contributed by atoms with Gasteiger partial charge in [0.25, 0.3) is 5.95 Å². The van der Waals surface area contributed by atoms with E-state index >= 15 is 0 Å². The molecule has 0 aliphatic carbocycles. The van der Waals surface area contributed by atoms with E-state index in [0.717, 1.165) is 12.1 Å². The van der Waals surface area contributed by atoms with Gasteiger partial charge in [-0.05, 0) is 17.3 Å². The third-order valence-electron chi connectivity index (χ3n) is 1.87. The Balaban J connectivity index is 2.31. The molecule has 1 aromatic carbocycles. The molecular formula is C9H7F2N3O. The van der Waals surface area contributed by atoms with Crippen LogP contribution < -0.4 is 5.73 Å². The maximum Gasteiger partial charge on any atom is 0.260 e. The SMILES string of the molecule is Nc1noc(Cc2c(F)cccc2F)n1. The van der Waals surface area contributed by atoms with E-state index in [1.165, 1.54) is 6.07 Å². The van der Waals surface area contributed by atoms with Crippen LogP contribution in [0.4, 0.5) is 14.7 Å². The van der Waals surface area contributed by atoms with E-state index in [9.17, 15) is 8.78 Å². The van der Waals surface area contributed by atoms with Crippen molar-refractivity contribution in [1.29, 1.82) is 0 Å². The number of halogens is 2. The second-order valence-corrected chi connectivity index (χ2v) is 2.92. The van der Waals surface area contributed by atoms with E-state index in [1.807, 2.05) is 0 Å². The summed E-state index contributed by atoms with van der Waals surface area (Å²) >= 11 is 0. The third-order valence-corrected chi connectivity index (χ3v) is 1.87. The lowest BCUT2D eigenvalue weighted by molar-refractivity contribution is 0.382. The summed E-state index contributed by atoms with van der Waals surface area (Å²) in [5, 5.41) is 3.32. The Morgan fingerprint density at radius 3 is 2.47 bits per heavy atom. The molecule has 0 spiro atoms. The number of benzene rings is 1. The van der Waals surface area contributed by atoms with Gasteiger partial charge in [-0.1, -0.05) is 6.07 Å². The first-order chi connectivity index (χ1) is 7.16. The van der Waals surface area contributed by atoms with Gasteiger partial charge < -0.3 is 10.3 Å². The zero-order chi connectivity index (χ0) is 10.8. The van der Waals surface area contributed by atoms with Crippen molar-refractivity contribution in [2.75, 3.05) is 5.73 Å². The Morgan fingerprint density at radius 1 is 1.27 bits per heavy atom. The molecule has 2 aromatic rings. The van der Waals surface area contributed by atoms with E-state index in [0.29, 0.717) is 0 Å². The molecule has 0 bridgehead atoms. The topological polar surface area (TPSA) is 64.9 Å². The van der Waals surface area contributed by atoms with Gasteiger partial charge >= 0.3 is 0 Å². The Hall–Kier alpha value is -1.98. The van der Waals surface area contributed by atoms with Crippen molar-refractivity contribution in [2.45, 2.75) is 6.42 Å². The minimum atomic E-state index is -0.647. The van der Waals surface area contributed by atoms with E-state index < -0.39 is 11.6 Å². The molecule has 4 nitrogen and oxygen atoms in total. The summed E-state index contributed by atoms with van der Waals surface area (Å²) in [5.74, 6) is -1.27. The fourth-order valence-corrected chi connectivity index (χ4v) is 1.19. The highest BCUT2D eigenvalue weighted by molar-refractivity contribution is 5.23. The Labute approximate surface area is 83.7 Å². The van der Waals surface area contributed by atoms with Crippen LogP contribution in [0.5, 0.6) is 0 Å². The Kier molecular flexibility index (Phi) is 2.32. The highest BCUT2D eigenvalue weighted by Crippen LogP contribution is 2.16. The molecule has 0 radical (unpaired) electrons. The molecular weight excluding hydrogens is 204 g/mol. The van der Waals surface area contributed by atoms with Crippen LogP contribution in [-0.4, -0.2) is 10.1 Å². The Morgan fingerprint density at radius 2 is 1.93 bits per heavy atom. The number of hydrogen-bond donors (Lipinski definition) is 1. The van der Waals surface area contributed by atoms with Gasteiger partial charge in [-0.2, -0.15) is 4.98 Å². The van der Waals surface area contributed by atoms with Gasteiger partial charge in [0.15, 0.2) is 0 Å². The molecule has 0 amide bonds. The summed E-state index contributed by atoms with van der Waals surface area (Å²) in [7, 11) is 0.